The summed E-state index contributed by atoms with van der Waals surface area (Å²) in [5.41, 5.74) is -0.172. The van der Waals surface area contributed by atoms with Gasteiger partial charge in [0.1, 0.15) is 11.6 Å². The number of sulfonamides is 1. The van der Waals surface area contributed by atoms with Crippen molar-refractivity contribution in [3.8, 4) is 0 Å². The van der Waals surface area contributed by atoms with Crippen molar-refractivity contribution in [1.82, 2.24) is 4.72 Å². The fourth-order valence-electron chi connectivity index (χ4n) is 1.91. The van der Waals surface area contributed by atoms with Crippen molar-refractivity contribution in [3.05, 3.63) is 59.7 Å². The number of amides is 1. The Labute approximate surface area is 138 Å². The lowest BCUT2D eigenvalue weighted by Gasteiger charge is -2.08. The minimum atomic E-state index is -3.60. The topological polar surface area (TPSA) is 75.3 Å². The average Bonchev–Trinajstić information content (AvgIpc) is 2.55. The van der Waals surface area contributed by atoms with Crippen molar-refractivity contribution < 1.29 is 22.0 Å². The Balaban J connectivity index is 2.14. The van der Waals surface area contributed by atoms with Crippen LogP contribution in [0.25, 0.3) is 0 Å². The normalized spacial score (nSPS) is 11.3. The molecule has 0 atom stereocenters. The molecule has 24 heavy (non-hydrogen) atoms. The maximum Gasteiger partial charge on any atom is 0.258 e. The Hall–Kier alpha value is -2.32. The van der Waals surface area contributed by atoms with Gasteiger partial charge in [0, 0.05) is 12.2 Å². The lowest BCUT2D eigenvalue weighted by Crippen LogP contribution is -2.24. The third kappa shape index (κ3) is 4.36. The van der Waals surface area contributed by atoms with E-state index in [0.29, 0.717) is 13.0 Å². The highest BCUT2D eigenvalue weighted by Gasteiger charge is 2.15. The SMILES string of the molecule is CCCNS(=O)(=O)c1ccc(NC(=O)c2cc(F)ccc2F)cc1. The molecule has 0 saturated carbocycles. The first-order valence-electron chi connectivity index (χ1n) is 7.19. The molecule has 2 aromatic rings. The van der Waals surface area contributed by atoms with E-state index in [0.717, 1.165) is 18.2 Å². The zero-order valence-corrected chi connectivity index (χ0v) is 13.7. The van der Waals surface area contributed by atoms with Crippen LogP contribution in [0.2, 0.25) is 0 Å². The highest BCUT2D eigenvalue weighted by atomic mass is 32.2. The quantitative estimate of drug-likeness (QED) is 0.838. The second-order valence-electron chi connectivity index (χ2n) is 5.00. The molecule has 0 unspecified atom stereocenters. The number of hydrogen-bond acceptors (Lipinski definition) is 3. The molecule has 0 radical (unpaired) electrons. The van der Waals surface area contributed by atoms with Crippen molar-refractivity contribution in [2.24, 2.45) is 0 Å². The molecular weight excluding hydrogens is 338 g/mol. The molecule has 128 valence electrons. The summed E-state index contributed by atoms with van der Waals surface area (Å²) in [4.78, 5) is 12.0. The summed E-state index contributed by atoms with van der Waals surface area (Å²) in [5.74, 6) is -2.41. The van der Waals surface area contributed by atoms with E-state index in [1.165, 1.54) is 24.3 Å². The molecule has 1 amide bonds. The molecule has 0 fully saturated rings. The van der Waals surface area contributed by atoms with Crippen LogP contribution in [0.5, 0.6) is 0 Å². The van der Waals surface area contributed by atoms with Crippen LogP contribution in [0.4, 0.5) is 14.5 Å². The van der Waals surface area contributed by atoms with Crippen LogP contribution < -0.4 is 10.0 Å². The molecule has 2 rings (SSSR count). The first-order chi connectivity index (χ1) is 11.3. The third-order valence-electron chi connectivity index (χ3n) is 3.14. The Morgan fingerprint density at radius 3 is 2.38 bits per heavy atom. The Morgan fingerprint density at radius 2 is 1.75 bits per heavy atom. The van der Waals surface area contributed by atoms with Crippen LogP contribution in [-0.2, 0) is 10.0 Å². The van der Waals surface area contributed by atoms with Crippen molar-refractivity contribution >= 4 is 21.6 Å². The third-order valence-corrected chi connectivity index (χ3v) is 4.61. The van der Waals surface area contributed by atoms with Gasteiger partial charge in [-0.05, 0) is 48.9 Å². The van der Waals surface area contributed by atoms with Crippen LogP contribution in [-0.4, -0.2) is 20.9 Å². The Kier molecular flexibility index (Phi) is 5.63. The average molecular weight is 354 g/mol. The van der Waals surface area contributed by atoms with E-state index in [-0.39, 0.29) is 10.6 Å². The molecule has 5 nitrogen and oxygen atoms in total. The van der Waals surface area contributed by atoms with Gasteiger partial charge in [-0.2, -0.15) is 0 Å². The van der Waals surface area contributed by atoms with Gasteiger partial charge in [-0.3, -0.25) is 4.79 Å². The van der Waals surface area contributed by atoms with Crippen LogP contribution >= 0.6 is 0 Å². The van der Waals surface area contributed by atoms with Crippen LogP contribution in [0, 0.1) is 11.6 Å². The first-order valence-corrected chi connectivity index (χ1v) is 8.68. The van der Waals surface area contributed by atoms with Gasteiger partial charge in [-0.1, -0.05) is 6.92 Å². The lowest BCUT2D eigenvalue weighted by molar-refractivity contribution is 0.102. The molecule has 0 aliphatic rings. The lowest BCUT2D eigenvalue weighted by atomic mass is 10.2. The maximum absolute atomic E-state index is 13.5. The Morgan fingerprint density at radius 1 is 1.08 bits per heavy atom. The highest BCUT2D eigenvalue weighted by molar-refractivity contribution is 7.89. The number of rotatable bonds is 6. The summed E-state index contributed by atoms with van der Waals surface area (Å²) in [6.07, 6.45) is 0.659. The summed E-state index contributed by atoms with van der Waals surface area (Å²) in [6.45, 7) is 2.16. The van der Waals surface area contributed by atoms with Gasteiger partial charge >= 0.3 is 0 Å². The monoisotopic (exact) mass is 354 g/mol. The minimum Gasteiger partial charge on any atom is -0.322 e. The molecular formula is C16H16F2N2O3S. The summed E-state index contributed by atoms with van der Waals surface area (Å²) >= 11 is 0. The smallest absolute Gasteiger partial charge is 0.258 e. The van der Waals surface area contributed by atoms with Crippen molar-refractivity contribution in [2.75, 3.05) is 11.9 Å². The van der Waals surface area contributed by atoms with Gasteiger partial charge in [-0.15, -0.1) is 0 Å². The van der Waals surface area contributed by atoms with Crippen LogP contribution in [0.15, 0.2) is 47.4 Å². The van der Waals surface area contributed by atoms with Crippen molar-refractivity contribution in [1.29, 1.82) is 0 Å². The zero-order chi connectivity index (χ0) is 17.7. The number of carbonyl (C=O) groups excluding carboxylic acids is 1. The predicted octanol–water partition coefficient (Wildman–Crippen LogP) is 2.91. The molecule has 0 spiro atoms. The number of anilines is 1. The van der Waals surface area contributed by atoms with Gasteiger partial charge < -0.3 is 5.32 Å². The molecule has 0 aromatic heterocycles. The van der Waals surface area contributed by atoms with E-state index in [2.05, 4.69) is 10.0 Å². The van der Waals surface area contributed by atoms with Crippen molar-refractivity contribution in [3.63, 3.8) is 0 Å². The van der Waals surface area contributed by atoms with E-state index >= 15 is 0 Å². The molecule has 0 saturated heterocycles. The number of nitrogens with one attached hydrogen (secondary N) is 2. The summed E-state index contributed by atoms with van der Waals surface area (Å²) in [7, 11) is -3.60. The summed E-state index contributed by atoms with van der Waals surface area (Å²) in [5, 5.41) is 2.39. The number of halogens is 2. The molecule has 2 N–H and O–H groups in total. The van der Waals surface area contributed by atoms with E-state index in [4.69, 9.17) is 0 Å². The molecule has 0 bridgehead atoms. The molecule has 2 aromatic carbocycles. The van der Waals surface area contributed by atoms with Gasteiger partial charge in [0.05, 0.1) is 10.5 Å². The molecule has 0 heterocycles. The molecule has 0 aliphatic carbocycles. The van der Waals surface area contributed by atoms with Crippen LogP contribution in [0.3, 0.4) is 0 Å². The number of carbonyl (C=O) groups is 1. The van der Waals surface area contributed by atoms with Gasteiger partial charge in [0.25, 0.3) is 5.91 Å². The van der Waals surface area contributed by atoms with E-state index in [9.17, 15) is 22.0 Å². The van der Waals surface area contributed by atoms with E-state index < -0.39 is 33.1 Å². The fraction of sp³-hybridized carbons (Fsp3) is 0.188. The van der Waals surface area contributed by atoms with Gasteiger partial charge in [0.2, 0.25) is 10.0 Å². The van der Waals surface area contributed by atoms with Crippen molar-refractivity contribution in [2.45, 2.75) is 18.2 Å². The van der Waals surface area contributed by atoms with E-state index in [1.54, 1.807) is 0 Å². The fourth-order valence-corrected chi connectivity index (χ4v) is 3.04. The second kappa shape index (κ2) is 7.50. The zero-order valence-electron chi connectivity index (χ0n) is 12.8. The van der Waals surface area contributed by atoms with Gasteiger partial charge in [-0.25, -0.2) is 21.9 Å². The Bertz CT molecular complexity index is 837. The standard InChI is InChI=1S/C16H16F2N2O3S/c1-2-9-19-24(22,23)13-6-4-12(5-7-13)20-16(21)14-10-11(17)3-8-15(14)18/h3-8,10,19H,2,9H2,1H3,(H,20,21). The highest BCUT2D eigenvalue weighted by Crippen LogP contribution is 2.16. The van der Waals surface area contributed by atoms with Gasteiger partial charge in [0.15, 0.2) is 0 Å². The largest absolute Gasteiger partial charge is 0.322 e. The summed E-state index contributed by atoms with van der Waals surface area (Å²) in [6, 6.07) is 7.93. The van der Waals surface area contributed by atoms with Crippen LogP contribution in [0.1, 0.15) is 23.7 Å². The molecule has 8 heteroatoms. The summed E-state index contributed by atoms with van der Waals surface area (Å²) < 4.78 is 53.0. The van der Waals surface area contributed by atoms with E-state index in [1.807, 2.05) is 6.92 Å². The second-order valence-corrected chi connectivity index (χ2v) is 6.77. The number of benzene rings is 2. The first kappa shape index (κ1) is 18.0. The maximum atomic E-state index is 13.5. The number of hydrogen-bond donors (Lipinski definition) is 2. The molecule has 0 aliphatic heterocycles. The predicted molar refractivity (Wildman–Crippen MR) is 86.2 cm³/mol. The minimum absolute atomic E-state index is 0.0471.